The highest BCUT2D eigenvalue weighted by Gasteiger charge is 2.25. The van der Waals surface area contributed by atoms with Crippen molar-refractivity contribution in [1.82, 2.24) is 4.90 Å². The Labute approximate surface area is 108 Å². The predicted octanol–water partition coefficient (Wildman–Crippen LogP) is 1.51. The van der Waals surface area contributed by atoms with E-state index in [2.05, 4.69) is 32.9 Å². The fourth-order valence-corrected chi connectivity index (χ4v) is 2.12. The van der Waals surface area contributed by atoms with E-state index in [9.17, 15) is 0 Å². The molecule has 5 nitrogen and oxygen atoms in total. The lowest BCUT2D eigenvalue weighted by molar-refractivity contribution is 0.0689. The van der Waals surface area contributed by atoms with Gasteiger partial charge in [-0.2, -0.15) is 0 Å². The van der Waals surface area contributed by atoms with Crippen LogP contribution in [-0.2, 0) is 4.74 Å². The number of rotatable bonds is 1. The van der Waals surface area contributed by atoms with E-state index in [1.165, 1.54) is 0 Å². The molecule has 0 unspecified atom stereocenters. The number of nitrogens with zero attached hydrogens (tertiary/aromatic N) is 4. The Bertz CT molecular complexity index is 428. The number of morpholine rings is 1. The van der Waals surface area contributed by atoms with Crippen molar-refractivity contribution in [2.24, 2.45) is 15.0 Å². The molecule has 0 aromatic rings. The lowest BCUT2D eigenvalue weighted by Crippen LogP contribution is -2.45. The molecule has 1 fully saturated rings. The van der Waals surface area contributed by atoms with Gasteiger partial charge in [0.2, 0.25) is 0 Å². The minimum atomic E-state index is 0.749. The molecule has 0 radical (unpaired) electrons. The van der Waals surface area contributed by atoms with Crippen LogP contribution in [0.25, 0.3) is 0 Å². The van der Waals surface area contributed by atoms with Gasteiger partial charge in [-0.3, -0.25) is 4.99 Å². The quantitative estimate of drug-likeness (QED) is 0.706. The van der Waals surface area contributed by atoms with Gasteiger partial charge < -0.3 is 9.64 Å². The van der Waals surface area contributed by atoms with Crippen LogP contribution in [0.5, 0.6) is 0 Å². The van der Waals surface area contributed by atoms with E-state index in [-0.39, 0.29) is 0 Å². The third-order valence-corrected chi connectivity index (χ3v) is 2.94. The van der Waals surface area contributed by atoms with Gasteiger partial charge in [0.25, 0.3) is 0 Å². The highest BCUT2D eigenvalue weighted by molar-refractivity contribution is 6.49. The average molecular weight is 248 g/mol. The Kier molecular flexibility index (Phi) is 4.25. The summed E-state index contributed by atoms with van der Waals surface area (Å²) in [6.45, 7) is 7.26. The van der Waals surface area contributed by atoms with E-state index in [1.54, 1.807) is 7.05 Å². The van der Waals surface area contributed by atoms with Crippen LogP contribution in [0.4, 0.5) is 0 Å². The number of aliphatic imine (C=N–C) groups is 3. The molecular formula is C13H20N4O. The Balaban J connectivity index is 2.32. The van der Waals surface area contributed by atoms with Crippen LogP contribution < -0.4 is 0 Å². The first kappa shape index (κ1) is 13.0. The van der Waals surface area contributed by atoms with E-state index in [4.69, 9.17) is 4.74 Å². The van der Waals surface area contributed by atoms with Crippen LogP contribution in [0.1, 0.15) is 20.3 Å². The minimum Gasteiger partial charge on any atom is -0.378 e. The number of ether oxygens (including phenoxy) is 1. The van der Waals surface area contributed by atoms with Gasteiger partial charge in [-0.1, -0.05) is 13.0 Å². The number of amidine groups is 2. The zero-order valence-electron chi connectivity index (χ0n) is 11.3. The van der Waals surface area contributed by atoms with E-state index >= 15 is 0 Å². The zero-order valence-corrected chi connectivity index (χ0v) is 11.3. The normalized spacial score (nSPS) is 25.4. The van der Waals surface area contributed by atoms with Gasteiger partial charge >= 0.3 is 0 Å². The maximum Gasteiger partial charge on any atom is 0.158 e. The van der Waals surface area contributed by atoms with Crippen molar-refractivity contribution in [3.8, 4) is 0 Å². The van der Waals surface area contributed by atoms with Crippen LogP contribution in [0.2, 0.25) is 0 Å². The molecule has 98 valence electrons. The Morgan fingerprint density at radius 1 is 1.33 bits per heavy atom. The van der Waals surface area contributed by atoms with Crippen molar-refractivity contribution in [3.63, 3.8) is 0 Å². The fraction of sp³-hybridized carbons (Fsp3) is 0.615. The molecule has 1 saturated heterocycles. The van der Waals surface area contributed by atoms with Crippen molar-refractivity contribution < 1.29 is 4.74 Å². The third kappa shape index (κ3) is 2.67. The average Bonchev–Trinajstić information content (AvgIpc) is 2.39. The summed E-state index contributed by atoms with van der Waals surface area (Å²) in [5.41, 5.74) is 1.83. The summed E-state index contributed by atoms with van der Waals surface area (Å²) in [4.78, 5) is 15.6. The Morgan fingerprint density at radius 2 is 2.06 bits per heavy atom. The molecule has 5 heteroatoms. The second-order valence-corrected chi connectivity index (χ2v) is 4.26. The van der Waals surface area contributed by atoms with Crippen LogP contribution in [-0.4, -0.2) is 55.6 Å². The maximum absolute atomic E-state index is 5.38. The standard InChI is InChI=1S/C13H20N4O/c1-4-5-11-12(14-3)13(16-10(2)15-11)17-6-8-18-9-7-17/h5H,4,6-9H2,1-3H3/b11-5+,14-12?. The SMILES string of the molecule is CC/C=C1/N=C(C)N=C(N2CCOCC2)C1=NC. The largest absolute Gasteiger partial charge is 0.378 e. The lowest BCUT2D eigenvalue weighted by atomic mass is 10.1. The molecule has 0 aliphatic carbocycles. The van der Waals surface area contributed by atoms with Crippen molar-refractivity contribution in [2.75, 3.05) is 33.4 Å². The van der Waals surface area contributed by atoms with Gasteiger partial charge in [0, 0.05) is 20.1 Å². The summed E-state index contributed by atoms with van der Waals surface area (Å²) in [5, 5.41) is 0. The van der Waals surface area contributed by atoms with Gasteiger partial charge in [0.05, 0.1) is 18.9 Å². The van der Waals surface area contributed by atoms with Gasteiger partial charge in [0.15, 0.2) is 5.84 Å². The van der Waals surface area contributed by atoms with Gasteiger partial charge in [-0.25, -0.2) is 9.98 Å². The van der Waals surface area contributed by atoms with E-state index in [0.29, 0.717) is 0 Å². The molecule has 18 heavy (non-hydrogen) atoms. The van der Waals surface area contributed by atoms with Gasteiger partial charge in [-0.15, -0.1) is 0 Å². The molecule has 0 aromatic carbocycles. The highest BCUT2D eigenvalue weighted by Crippen LogP contribution is 2.14. The van der Waals surface area contributed by atoms with Crippen LogP contribution >= 0.6 is 0 Å². The minimum absolute atomic E-state index is 0.749. The molecule has 2 rings (SSSR count). The molecule has 2 aliphatic heterocycles. The molecule has 2 aliphatic rings. The molecule has 0 amide bonds. The molecule has 0 N–H and O–H groups in total. The molecule has 0 spiro atoms. The maximum atomic E-state index is 5.38. The molecule has 2 heterocycles. The van der Waals surface area contributed by atoms with Crippen molar-refractivity contribution in [1.29, 1.82) is 0 Å². The number of hydrogen-bond donors (Lipinski definition) is 0. The van der Waals surface area contributed by atoms with E-state index in [1.807, 2.05) is 6.92 Å². The summed E-state index contributed by atoms with van der Waals surface area (Å²) in [7, 11) is 1.80. The predicted molar refractivity (Wildman–Crippen MR) is 74.7 cm³/mol. The van der Waals surface area contributed by atoms with Crippen molar-refractivity contribution >= 4 is 17.4 Å². The van der Waals surface area contributed by atoms with E-state index in [0.717, 1.165) is 55.8 Å². The molecular weight excluding hydrogens is 228 g/mol. The van der Waals surface area contributed by atoms with Crippen LogP contribution in [0, 0.1) is 0 Å². The second kappa shape index (κ2) is 5.91. The first-order chi connectivity index (χ1) is 8.76. The van der Waals surface area contributed by atoms with Crippen molar-refractivity contribution in [2.45, 2.75) is 20.3 Å². The second-order valence-electron chi connectivity index (χ2n) is 4.26. The summed E-state index contributed by atoms with van der Waals surface area (Å²) in [6, 6.07) is 0. The van der Waals surface area contributed by atoms with Crippen LogP contribution in [0.3, 0.4) is 0 Å². The smallest absolute Gasteiger partial charge is 0.158 e. The van der Waals surface area contributed by atoms with Gasteiger partial charge in [-0.05, 0) is 13.3 Å². The first-order valence-corrected chi connectivity index (χ1v) is 6.40. The molecule has 0 bridgehead atoms. The molecule has 0 atom stereocenters. The fourth-order valence-electron chi connectivity index (χ4n) is 2.12. The summed E-state index contributed by atoms with van der Waals surface area (Å²) >= 11 is 0. The molecule has 0 saturated carbocycles. The number of allylic oxidation sites excluding steroid dienone is 1. The van der Waals surface area contributed by atoms with Gasteiger partial charge in [0.1, 0.15) is 11.5 Å². The Hall–Kier alpha value is -1.49. The third-order valence-electron chi connectivity index (χ3n) is 2.94. The van der Waals surface area contributed by atoms with Crippen LogP contribution in [0.15, 0.2) is 26.8 Å². The summed E-state index contributed by atoms with van der Waals surface area (Å²) in [6.07, 6.45) is 3.04. The number of hydrogen-bond acceptors (Lipinski definition) is 5. The summed E-state index contributed by atoms with van der Waals surface area (Å²) in [5.74, 6) is 1.73. The Morgan fingerprint density at radius 3 is 2.67 bits per heavy atom. The summed E-state index contributed by atoms with van der Waals surface area (Å²) < 4.78 is 5.38. The zero-order chi connectivity index (χ0) is 13.0. The molecule has 0 aromatic heterocycles. The lowest BCUT2D eigenvalue weighted by Gasteiger charge is -2.31. The highest BCUT2D eigenvalue weighted by atomic mass is 16.5. The topological polar surface area (TPSA) is 49.5 Å². The first-order valence-electron chi connectivity index (χ1n) is 6.40. The monoisotopic (exact) mass is 248 g/mol. The van der Waals surface area contributed by atoms with Crippen molar-refractivity contribution in [3.05, 3.63) is 11.8 Å². The van der Waals surface area contributed by atoms with E-state index < -0.39 is 0 Å².